The van der Waals surface area contributed by atoms with Crippen molar-refractivity contribution < 1.29 is 8.42 Å². The van der Waals surface area contributed by atoms with E-state index in [0.29, 0.717) is 18.5 Å². The van der Waals surface area contributed by atoms with Gasteiger partial charge in [0, 0.05) is 25.0 Å². The number of nitrogens with two attached hydrogens (primary N) is 1. The smallest absolute Gasteiger partial charge is 0.242 e. The number of aromatic nitrogens is 1. The first-order chi connectivity index (χ1) is 10.6. The van der Waals surface area contributed by atoms with E-state index in [-0.39, 0.29) is 35.4 Å². The number of aliphatic imine (C=N–C) groups is 1. The summed E-state index contributed by atoms with van der Waals surface area (Å²) in [6.45, 7) is 0.495. The topological polar surface area (TPSA) is 109 Å². The Hall–Kier alpha value is -0.940. The van der Waals surface area contributed by atoms with Crippen LogP contribution < -0.4 is 15.8 Å². The number of nitrogens with one attached hydrogen (secondary N) is 2. The molecule has 0 spiro atoms. The third-order valence-electron chi connectivity index (χ3n) is 3.59. The minimum atomic E-state index is -3.53. The number of hydrogen-bond acceptors (Lipinski definition) is 4. The molecule has 1 aromatic heterocycles. The van der Waals surface area contributed by atoms with Crippen LogP contribution in [0.4, 0.5) is 0 Å². The lowest BCUT2D eigenvalue weighted by Gasteiger charge is -2.23. The highest BCUT2D eigenvalue weighted by molar-refractivity contribution is 14.0. The Kier molecular flexibility index (Phi) is 8.77. The van der Waals surface area contributed by atoms with Crippen LogP contribution in [-0.2, 0) is 10.0 Å². The van der Waals surface area contributed by atoms with Gasteiger partial charge in [-0.25, -0.2) is 13.1 Å². The molecular weight excluding hydrogens is 429 g/mol. The highest BCUT2D eigenvalue weighted by Crippen LogP contribution is 2.16. The van der Waals surface area contributed by atoms with Gasteiger partial charge in [0.2, 0.25) is 10.0 Å². The van der Waals surface area contributed by atoms with Crippen molar-refractivity contribution >= 4 is 40.0 Å². The summed E-state index contributed by atoms with van der Waals surface area (Å²) < 4.78 is 26.4. The first-order valence-electron chi connectivity index (χ1n) is 7.54. The number of sulfonamides is 1. The first-order valence-corrected chi connectivity index (χ1v) is 9.02. The summed E-state index contributed by atoms with van der Waals surface area (Å²) in [5, 5.41) is 3.19. The van der Waals surface area contributed by atoms with Crippen LogP contribution in [-0.4, -0.2) is 38.5 Å². The Morgan fingerprint density at radius 3 is 2.74 bits per heavy atom. The van der Waals surface area contributed by atoms with E-state index < -0.39 is 10.0 Å². The van der Waals surface area contributed by atoms with Gasteiger partial charge in [-0.2, -0.15) is 0 Å². The average Bonchev–Trinajstić information content (AvgIpc) is 2.53. The monoisotopic (exact) mass is 453 g/mol. The molecule has 0 aliphatic heterocycles. The van der Waals surface area contributed by atoms with Gasteiger partial charge in [0.05, 0.1) is 6.54 Å². The van der Waals surface area contributed by atoms with Crippen molar-refractivity contribution in [3.05, 3.63) is 24.5 Å². The molecule has 0 aromatic carbocycles. The van der Waals surface area contributed by atoms with E-state index in [1.165, 1.54) is 37.7 Å². The number of guanidine groups is 1. The van der Waals surface area contributed by atoms with E-state index in [1.54, 1.807) is 6.07 Å². The molecule has 0 radical (unpaired) electrons. The molecule has 0 bridgehead atoms. The standard InChI is InChI=1S/C14H23N5O2S.HI/c15-14(19-12-5-2-1-3-6-12)17-9-10-18-22(20,21)13-7-4-8-16-11-13;/h4,7-8,11-12,18H,1-3,5-6,9-10H2,(H3,15,17,19);1H. The van der Waals surface area contributed by atoms with Crippen LogP contribution in [0.1, 0.15) is 32.1 Å². The van der Waals surface area contributed by atoms with Gasteiger partial charge in [-0.15, -0.1) is 24.0 Å². The van der Waals surface area contributed by atoms with Crippen LogP contribution in [0.2, 0.25) is 0 Å². The van der Waals surface area contributed by atoms with E-state index >= 15 is 0 Å². The number of halogens is 1. The Morgan fingerprint density at radius 1 is 1.35 bits per heavy atom. The molecule has 0 saturated heterocycles. The zero-order chi connectivity index (χ0) is 15.8. The maximum absolute atomic E-state index is 11.9. The van der Waals surface area contributed by atoms with Crippen LogP contribution in [0.15, 0.2) is 34.4 Å². The van der Waals surface area contributed by atoms with E-state index in [1.807, 2.05) is 0 Å². The summed E-state index contributed by atoms with van der Waals surface area (Å²) in [5.74, 6) is 0.382. The average molecular weight is 453 g/mol. The number of rotatable bonds is 6. The molecule has 130 valence electrons. The van der Waals surface area contributed by atoms with Gasteiger partial charge in [0.25, 0.3) is 0 Å². The lowest BCUT2D eigenvalue weighted by Crippen LogP contribution is -2.41. The van der Waals surface area contributed by atoms with Crippen molar-refractivity contribution in [2.75, 3.05) is 13.1 Å². The lowest BCUT2D eigenvalue weighted by atomic mass is 9.96. The molecule has 1 saturated carbocycles. The number of hydrogen-bond donors (Lipinski definition) is 3. The predicted molar refractivity (Wildman–Crippen MR) is 101 cm³/mol. The normalized spacial score (nSPS) is 16.6. The van der Waals surface area contributed by atoms with Crippen molar-refractivity contribution in [3.8, 4) is 0 Å². The highest BCUT2D eigenvalue weighted by atomic mass is 127. The Morgan fingerprint density at radius 2 is 2.09 bits per heavy atom. The Labute approximate surface area is 154 Å². The van der Waals surface area contributed by atoms with E-state index in [4.69, 9.17) is 5.73 Å². The molecule has 1 aliphatic rings. The summed E-state index contributed by atoms with van der Waals surface area (Å²) >= 11 is 0. The highest BCUT2D eigenvalue weighted by Gasteiger charge is 2.14. The van der Waals surface area contributed by atoms with Crippen molar-refractivity contribution in [2.45, 2.75) is 43.0 Å². The molecule has 1 fully saturated rings. The van der Waals surface area contributed by atoms with E-state index in [9.17, 15) is 8.42 Å². The van der Waals surface area contributed by atoms with Crippen LogP contribution in [0, 0.1) is 0 Å². The lowest BCUT2D eigenvalue weighted by molar-refractivity contribution is 0.412. The first kappa shape index (κ1) is 20.1. The van der Waals surface area contributed by atoms with Crippen LogP contribution in [0.5, 0.6) is 0 Å². The minimum Gasteiger partial charge on any atom is -0.370 e. The van der Waals surface area contributed by atoms with Crippen molar-refractivity contribution in [1.29, 1.82) is 0 Å². The maximum Gasteiger partial charge on any atom is 0.242 e. The van der Waals surface area contributed by atoms with Gasteiger partial charge < -0.3 is 11.1 Å². The quantitative estimate of drug-likeness (QED) is 0.260. The third kappa shape index (κ3) is 7.00. The van der Waals surface area contributed by atoms with Crippen molar-refractivity contribution in [3.63, 3.8) is 0 Å². The molecule has 1 aliphatic carbocycles. The second-order valence-electron chi connectivity index (χ2n) is 5.33. The van der Waals surface area contributed by atoms with Crippen LogP contribution in [0.25, 0.3) is 0 Å². The van der Waals surface area contributed by atoms with Gasteiger partial charge in [0.15, 0.2) is 5.96 Å². The SMILES string of the molecule is I.NC(=NCCNS(=O)(=O)c1cccnc1)NC1CCCCC1. The van der Waals surface area contributed by atoms with Gasteiger partial charge in [-0.05, 0) is 25.0 Å². The molecule has 1 heterocycles. The second kappa shape index (κ2) is 10.0. The van der Waals surface area contributed by atoms with Crippen LogP contribution in [0.3, 0.4) is 0 Å². The molecule has 7 nitrogen and oxygen atoms in total. The van der Waals surface area contributed by atoms with Gasteiger partial charge >= 0.3 is 0 Å². The molecule has 2 rings (SSSR count). The summed E-state index contributed by atoms with van der Waals surface area (Å²) in [6.07, 6.45) is 8.79. The van der Waals surface area contributed by atoms with Crippen LogP contribution >= 0.6 is 24.0 Å². The molecule has 0 atom stereocenters. The van der Waals surface area contributed by atoms with Crippen molar-refractivity contribution in [2.24, 2.45) is 10.7 Å². The number of pyridine rings is 1. The molecular formula is C14H24IN5O2S. The van der Waals surface area contributed by atoms with E-state index in [2.05, 4.69) is 20.0 Å². The fraction of sp³-hybridized carbons (Fsp3) is 0.571. The zero-order valence-corrected chi connectivity index (χ0v) is 16.1. The maximum atomic E-state index is 11.9. The summed E-state index contributed by atoms with van der Waals surface area (Å²) in [6, 6.07) is 3.47. The summed E-state index contributed by atoms with van der Waals surface area (Å²) in [4.78, 5) is 8.10. The fourth-order valence-corrected chi connectivity index (χ4v) is 3.43. The second-order valence-corrected chi connectivity index (χ2v) is 7.10. The fourth-order valence-electron chi connectivity index (χ4n) is 2.45. The Balaban J connectivity index is 0.00000264. The summed E-state index contributed by atoms with van der Waals surface area (Å²) in [5.41, 5.74) is 5.82. The zero-order valence-electron chi connectivity index (χ0n) is 12.9. The molecule has 4 N–H and O–H groups in total. The Bertz CT molecular complexity index is 588. The molecule has 1 aromatic rings. The third-order valence-corrected chi connectivity index (χ3v) is 5.03. The largest absolute Gasteiger partial charge is 0.370 e. The summed E-state index contributed by atoms with van der Waals surface area (Å²) in [7, 11) is -3.53. The van der Waals surface area contributed by atoms with Gasteiger partial charge in [0.1, 0.15) is 4.90 Å². The predicted octanol–water partition coefficient (Wildman–Crippen LogP) is 1.21. The minimum absolute atomic E-state index is 0. The van der Waals surface area contributed by atoms with Gasteiger partial charge in [-0.1, -0.05) is 19.3 Å². The molecule has 0 unspecified atom stereocenters. The molecule has 23 heavy (non-hydrogen) atoms. The number of nitrogens with zero attached hydrogens (tertiary/aromatic N) is 2. The molecule has 0 amide bonds. The van der Waals surface area contributed by atoms with Crippen molar-refractivity contribution in [1.82, 2.24) is 15.0 Å². The molecule has 9 heteroatoms. The van der Waals surface area contributed by atoms with E-state index in [0.717, 1.165) is 12.8 Å². The van der Waals surface area contributed by atoms with Gasteiger partial charge in [-0.3, -0.25) is 9.98 Å².